The summed E-state index contributed by atoms with van der Waals surface area (Å²) in [5.74, 6) is 0.0674. The van der Waals surface area contributed by atoms with Crippen molar-refractivity contribution in [3.63, 3.8) is 0 Å². The number of anilines is 1. The Balaban J connectivity index is 2.24. The Morgan fingerprint density at radius 2 is 2.35 bits per heavy atom. The third kappa shape index (κ3) is 2.22. The van der Waals surface area contributed by atoms with Gasteiger partial charge < -0.3 is 14.4 Å². The number of hydrogen-bond acceptors (Lipinski definition) is 4. The van der Waals surface area contributed by atoms with E-state index in [1.807, 2.05) is 6.07 Å². The average Bonchev–Trinajstić information content (AvgIpc) is 2.37. The van der Waals surface area contributed by atoms with Crippen LogP contribution in [0, 0.1) is 0 Å². The van der Waals surface area contributed by atoms with E-state index in [0.29, 0.717) is 24.5 Å². The second-order valence-electron chi connectivity index (χ2n) is 3.58. The molecule has 2 rings (SSSR count). The number of rotatable bonds is 3. The topological polar surface area (TPSA) is 55.8 Å². The molecular weight excluding hydrogens is 222 g/mol. The molecule has 1 heterocycles. The molecule has 0 aromatic heterocycles. The summed E-state index contributed by atoms with van der Waals surface area (Å²) in [4.78, 5) is 24.0. The maximum absolute atomic E-state index is 11.6. The zero-order valence-electron chi connectivity index (χ0n) is 9.46. The van der Waals surface area contributed by atoms with Crippen LogP contribution in [0.1, 0.15) is 6.92 Å². The van der Waals surface area contributed by atoms with Crippen molar-refractivity contribution >= 4 is 18.1 Å². The van der Waals surface area contributed by atoms with E-state index in [0.717, 1.165) is 0 Å². The lowest BCUT2D eigenvalue weighted by atomic mass is 10.2. The molecule has 0 aliphatic carbocycles. The number of carbonyl (C=O) groups excluding carboxylic acids is 2. The predicted molar refractivity (Wildman–Crippen MR) is 60.9 cm³/mol. The van der Waals surface area contributed by atoms with Crippen LogP contribution in [0.2, 0.25) is 0 Å². The molecule has 90 valence electrons. The van der Waals surface area contributed by atoms with Gasteiger partial charge in [-0.15, -0.1) is 0 Å². The molecule has 1 aromatic carbocycles. The molecule has 0 spiro atoms. The molecule has 0 saturated heterocycles. The number of esters is 1. The molecule has 5 nitrogen and oxygen atoms in total. The fraction of sp³-hybridized carbons (Fsp3) is 0.333. The van der Waals surface area contributed by atoms with Crippen LogP contribution in [0.5, 0.6) is 5.75 Å². The van der Waals surface area contributed by atoms with E-state index in [9.17, 15) is 9.59 Å². The second-order valence-corrected chi connectivity index (χ2v) is 3.58. The number of nitrogens with zero attached hydrogens (tertiary/aromatic N) is 1. The zero-order chi connectivity index (χ0) is 12.3. The first-order valence-electron chi connectivity index (χ1n) is 5.40. The van der Waals surface area contributed by atoms with Crippen molar-refractivity contribution < 1.29 is 19.1 Å². The molecule has 0 radical (unpaired) electrons. The SMILES string of the molecule is CCOC(=O)C1CN(C=O)c2ccccc2O1. The summed E-state index contributed by atoms with van der Waals surface area (Å²) in [6, 6.07) is 7.08. The zero-order valence-corrected chi connectivity index (χ0v) is 9.46. The van der Waals surface area contributed by atoms with Crippen molar-refractivity contribution in [3.05, 3.63) is 24.3 Å². The minimum Gasteiger partial charge on any atom is -0.475 e. The van der Waals surface area contributed by atoms with Crippen LogP contribution in [-0.2, 0) is 14.3 Å². The number of fused-ring (bicyclic) bond motifs is 1. The molecule has 1 unspecified atom stereocenters. The summed E-state index contributed by atoms with van der Waals surface area (Å²) in [6.07, 6.45) is -0.0665. The first-order chi connectivity index (χ1) is 8.26. The number of amides is 1. The quantitative estimate of drug-likeness (QED) is 0.578. The van der Waals surface area contributed by atoms with Gasteiger partial charge in [-0.05, 0) is 19.1 Å². The van der Waals surface area contributed by atoms with Crippen molar-refractivity contribution in [2.45, 2.75) is 13.0 Å². The molecule has 0 N–H and O–H groups in total. The van der Waals surface area contributed by atoms with Crippen molar-refractivity contribution in [1.82, 2.24) is 0 Å². The summed E-state index contributed by atoms with van der Waals surface area (Å²) in [5, 5.41) is 0. The number of carbonyl (C=O) groups is 2. The average molecular weight is 235 g/mol. The number of para-hydroxylation sites is 2. The predicted octanol–water partition coefficient (Wildman–Crippen LogP) is 0.973. The maximum atomic E-state index is 11.6. The molecule has 1 atom stereocenters. The Morgan fingerprint density at radius 1 is 1.59 bits per heavy atom. The lowest BCUT2D eigenvalue weighted by molar-refractivity contribution is -0.151. The van der Waals surface area contributed by atoms with Gasteiger partial charge in [-0.2, -0.15) is 0 Å². The van der Waals surface area contributed by atoms with E-state index in [2.05, 4.69) is 0 Å². The van der Waals surface area contributed by atoms with E-state index in [1.54, 1.807) is 25.1 Å². The summed E-state index contributed by atoms with van der Waals surface area (Å²) in [7, 11) is 0. The van der Waals surface area contributed by atoms with Crippen molar-refractivity contribution in [1.29, 1.82) is 0 Å². The standard InChI is InChI=1S/C12H13NO4/c1-2-16-12(15)11-7-13(8-14)9-5-3-4-6-10(9)17-11/h3-6,8,11H,2,7H2,1H3. The van der Waals surface area contributed by atoms with E-state index < -0.39 is 12.1 Å². The van der Waals surface area contributed by atoms with Crippen molar-refractivity contribution in [3.8, 4) is 5.75 Å². The van der Waals surface area contributed by atoms with Crippen LogP contribution in [0.3, 0.4) is 0 Å². The van der Waals surface area contributed by atoms with E-state index in [-0.39, 0.29) is 6.54 Å². The van der Waals surface area contributed by atoms with Crippen LogP contribution >= 0.6 is 0 Å². The van der Waals surface area contributed by atoms with Gasteiger partial charge in [0.05, 0.1) is 18.8 Å². The van der Waals surface area contributed by atoms with E-state index in [4.69, 9.17) is 9.47 Å². The number of ether oxygens (including phenoxy) is 2. The van der Waals surface area contributed by atoms with E-state index >= 15 is 0 Å². The Kier molecular flexibility index (Phi) is 3.27. The number of hydrogen-bond donors (Lipinski definition) is 0. The summed E-state index contributed by atoms with van der Waals surface area (Å²) in [6.45, 7) is 2.20. The Labute approximate surface area is 98.9 Å². The van der Waals surface area contributed by atoms with Gasteiger partial charge in [0, 0.05) is 0 Å². The Bertz CT molecular complexity index is 432. The lowest BCUT2D eigenvalue weighted by Gasteiger charge is -2.31. The van der Waals surface area contributed by atoms with Gasteiger partial charge in [-0.25, -0.2) is 4.79 Å². The molecule has 1 aromatic rings. The summed E-state index contributed by atoms with van der Waals surface area (Å²) in [5.41, 5.74) is 0.669. The normalized spacial score (nSPS) is 17.9. The number of benzene rings is 1. The second kappa shape index (κ2) is 4.86. The van der Waals surface area contributed by atoms with Gasteiger partial charge in [-0.3, -0.25) is 4.79 Å². The molecule has 1 aliphatic heterocycles. The Morgan fingerprint density at radius 3 is 3.06 bits per heavy atom. The fourth-order valence-corrected chi connectivity index (χ4v) is 1.72. The fourth-order valence-electron chi connectivity index (χ4n) is 1.72. The van der Waals surface area contributed by atoms with Crippen molar-refractivity contribution in [2.75, 3.05) is 18.1 Å². The monoisotopic (exact) mass is 235 g/mol. The van der Waals surface area contributed by atoms with Crippen molar-refractivity contribution in [2.24, 2.45) is 0 Å². The molecule has 17 heavy (non-hydrogen) atoms. The maximum Gasteiger partial charge on any atom is 0.349 e. The third-order valence-corrected chi connectivity index (χ3v) is 2.48. The van der Waals surface area contributed by atoms with Crippen LogP contribution in [-0.4, -0.2) is 31.6 Å². The molecule has 5 heteroatoms. The van der Waals surface area contributed by atoms with Gasteiger partial charge in [0.25, 0.3) is 0 Å². The van der Waals surface area contributed by atoms with Crippen LogP contribution < -0.4 is 9.64 Å². The van der Waals surface area contributed by atoms with Gasteiger partial charge in [-0.1, -0.05) is 12.1 Å². The molecule has 1 amide bonds. The van der Waals surface area contributed by atoms with Gasteiger partial charge in [0.1, 0.15) is 5.75 Å². The van der Waals surface area contributed by atoms with Crippen LogP contribution in [0.4, 0.5) is 5.69 Å². The van der Waals surface area contributed by atoms with Gasteiger partial charge >= 0.3 is 5.97 Å². The largest absolute Gasteiger partial charge is 0.475 e. The highest BCUT2D eigenvalue weighted by atomic mass is 16.6. The van der Waals surface area contributed by atoms with Gasteiger partial charge in [0.15, 0.2) is 0 Å². The molecular formula is C12H13NO4. The molecule has 1 aliphatic rings. The first-order valence-corrected chi connectivity index (χ1v) is 5.40. The summed E-state index contributed by atoms with van der Waals surface area (Å²) < 4.78 is 10.4. The smallest absolute Gasteiger partial charge is 0.349 e. The first kappa shape index (κ1) is 11.4. The highest BCUT2D eigenvalue weighted by molar-refractivity contribution is 5.84. The van der Waals surface area contributed by atoms with Crippen LogP contribution in [0.15, 0.2) is 24.3 Å². The highest BCUT2D eigenvalue weighted by Gasteiger charge is 2.31. The Hall–Kier alpha value is -2.04. The van der Waals surface area contributed by atoms with Gasteiger partial charge in [0.2, 0.25) is 12.5 Å². The molecule has 0 saturated carbocycles. The highest BCUT2D eigenvalue weighted by Crippen LogP contribution is 2.32. The summed E-state index contributed by atoms with van der Waals surface area (Å²) >= 11 is 0. The minimum atomic E-state index is -0.755. The lowest BCUT2D eigenvalue weighted by Crippen LogP contribution is -2.44. The molecule has 0 bridgehead atoms. The minimum absolute atomic E-state index is 0.180. The van der Waals surface area contributed by atoms with E-state index in [1.165, 1.54) is 4.90 Å². The molecule has 0 fully saturated rings. The van der Waals surface area contributed by atoms with Crippen LogP contribution in [0.25, 0.3) is 0 Å². The third-order valence-electron chi connectivity index (χ3n) is 2.48.